The van der Waals surface area contributed by atoms with Gasteiger partial charge in [-0.1, -0.05) is 0 Å². The Labute approximate surface area is 83.8 Å². The summed E-state index contributed by atoms with van der Waals surface area (Å²) in [5.74, 6) is 2.22. The molecule has 1 heterocycles. The molecule has 0 N–H and O–H groups in total. The van der Waals surface area contributed by atoms with Crippen LogP contribution in [0.3, 0.4) is 0 Å². The van der Waals surface area contributed by atoms with Gasteiger partial charge < -0.3 is 4.74 Å². The van der Waals surface area contributed by atoms with Gasteiger partial charge in [0.2, 0.25) is 0 Å². The van der Waals surface area contributed by atoms with Gasteiger partial charge >= 0.3 is 5.97 Å². The molecule has 76 valence electrons. The third kappa shape index (κ3) is 3.19. The molecular formula is C9H17NO2S. The molecule has 0 bridgehead atoms. The van der Waals surface area contributed by atoms with E-state index in [4.69, 9.17) is 4.74 Å². The van der Waals surface area contributed by atoms with Crippen molar-refractivity contribution in [2.24, 2.45) is 0 Å². The van der Waals surface area contributed by atoms with Gasteiger partial charge in [0.15, 0.2) is 0 Å². The maximum absolute atomic E-state index is 11.3. The minimum Gasteiger partial charge on any atom is -0.468 e. The van der Waals surface area contributed by atoms with Gasteiger partial charge in [0.1, 0.15) is 6.04 Å². The van der Waals surface area contributed by atoms with E-state index in [0.29, 0.717) is 0 Å². The third-order valence-corrected chi connectivity index (χ3v) is 3.40. The Hall–Kier alpha value is -0.220. The maximum Gasteiger partial charge on any atom is 0.322 e. The summed E-state index contributed by atoms with van der Waals surface area (Å²) < 4.78 is 4.72. The summed E-state index contributed by atoms with van der Waals surface area (Å²) in [5.41, 5.74) is 0. The van der Waals surface area contributed by atoms with Crippen LogP contribution in [0.15, 0.2) is 0 Å². The molecule has 0 amide bonds. The highest BCUT2D eigenvalue weighted by molar-refractivity contribution is 7.99. The van der Waals surface area contributed by atoms with E-state index in [1.54, 1.807) is 0 Å². The lowest BCUT2D eigenvalue weighted by molar-refractivity contribution is -0.146. The van der Waals surface area contributed by atoms with Crippen molar-refractivity contribution in [1.82, 2.24) is 4.90 Å². The number of carbonyl (C=O) groups is 1. The molecule has 0 aliphatic carbocycles. The monoisotopic (exact) mass is 203 g/mol. The highest BCUT2D eigenvalue weighted by Crippen LogP contribution is 2.12. The van der Waals surface area contributed by atoms with Crippen molar-refractivity contribution in [3.05, 3.63) is 0 Å². The minimum absolute atomic E-state index is 0.0799. The standard InChI is InChI=1S/C9H17NO2S/c1-8(9(11)12-2)10-4-3-6-13-7-5-10/h8H,3-7H2,1-2H3. The molecule has 13 heavy (non-hydrogen) atoms. The fourth-order valence-electron chi connectivity index (χ4n) is 1.47. The predicted octanol–water partition coefficient (Wildman–Crippen LogP) is 0.987. The topological polar surface area (TPSA) is 29.5 Å². The molecule has 0 aromatic heterocycles. The molecule has 0 aromatic rings. The number of methoxy groups -OCH3 is 1. The zero-order chi connectivity index (χ0) is 9.68. The highest BCUT2D eigenvalue weighted by atomic mass is 32.2. The molecule has 4 heteroatoms. The van der Waals surface area contributed by atoms with Crippen LogP contribution in [0, 0.1) is 0 Å². The van der Waals surface area contributed by atoms with Gasteiger partial charge in [0, 0.05) is 12.3 Å². The van der Waals surface area contributed by atoms with Crippen molar-refractivity contribution in [3.63, 3.8) is 0 Å². The lowest BCUT2D eigenvalue weighted by Crippen LogP contribution is -2.40. The van der Waals surface area contributed by atoms with E-state index in [1.807, 2.05) is 18.7 Å². The molecule has 1 atom stereocenters. The zero-order valence-corrected chi connectivity index (χ0v) is 9.10. The fraction of sp³-hybridized carbons (Fsp3) is 0.889. The van der Waals surface area contributed by atoms with Crippen molar-refractivity contribution in [3.8, 4) is 0 Å². The number of hydrogen-bond donors (Lipinski definition) is 0. The Morgan fingerprint density at radius 1 is 1.46 bits per heavy atom. The van der Waals surface area contributed by atoms with E-state index in [-0.39, 0.29) is 12.0 Å². The van der Waals surface area contributed by atoms with Crippen molar-refractivity contribution >= 4 is 17.7 Å². The molecule has 1 aliphatic rings. The second-order valence-electron chi connectivity index (χ2n) is 3.20. The first-order valence-corrected chi connectivity index (χ1v) is 5.81. The van der Waals surface area contributed by atoms with Gasteiger partial charge in [0.25, 0.3) is 0 Å². The summed E-state index contributed by atoms with van der Waals surface area (Å²) >= 11 is 1.96. The summed E-state index contributed by atoms with van der Waals surface area (Å²) in [6, 6.07) is -0.0799. The van der Waals surface area contributed by atoms with E-state index in [2.05, 4.69) is 4.90 Å². The quantitative estimate of drug-likeness (QED) is 0.626. The number of esters is 1. The Morgan fingerprint density at radius 2 is 2.23 bits per heavy atom. The van der Waals surface area contributed by atoms with E-state index < -0.39 is 0 Å². The zero-order valence-electron chi connectivity index (χ0n) is 8.28. The van der Waals surface area contributed by atoms with Crippen LogP contribution in [0.25, 0.3) is 0 Å². The van der Waals surface area contributed by atoms with Crippen LogP contribution < -0.4 is 0 Å². The maximum atomic E-state index is 11.3. The van der Waals surface area contributed by atoms with Gasteiger partial charge in [-0.3, -0.25) is 9.69 Å². The largest absolute Gasteiger partial charge is 0.468 e. The first-order valence-electron chi connectivity index (χ1n) is 4.65. The second-order valence-corrected chi connectivity index (χ2v) is 4.43. The molecule has 1 fully saturated rings. The van der Waals surface area contributed by atoms with Gasteiger partial charge in [-0.15, -0.1) is 0 Å². The van der Waals surface area contributed by atoms with Crippen molar-refractivity contribution < 1.29 is 9.53 Å². The first kappa shape index (κ1) is 10.9. The molecule has 1 aliphatic heterocycles. The fourth-order valence-corrected chi connectivity index (χ4v) is 2.37. The Morgan fingerprint density at radius 3 is 2.92 bits per heavy atom. The SMILES string of the molecule is COC(=O)C(C)N1CCCSCC1. The number of ether oxygens (including phenoxy) is 1. The number of carbonyl (C=O) groups excluding carboxylic acids is 1. The minimum atomic E-state index is -0.119. The lowest BCUT2D eigenvalue weighted by Gasteiger charge is -2.24. The number of nitrogens with zero attached hydrogens (tertiary/aromatic N) is 1. The van der Waals surface area contributed by atoms with Gasteiger partial charge in [-0.2, -0.15) is 11.8 Å². The average molecular weight is 203 g/mol. The molecular weight excluding hydrogens is 186 g/mol. The first-order chi connectivity index (χ1) is 6.25. The number of hydrogen-bond acceptors (Lipinski definition) is 4. The number of rotatable bonds is 2. The van der Waals surface area contributed by atoms with Crippen molar-refractivity contribution in [1.29, 1.82) is 0 Å². The van der Waals surface area contributed by atoms with Gasteiger partial charge in [-0.25, -0.2) is 0 Å². The second kappa shape index (κ2) is 5.50. The van der Waals surface area contributed by atoms with Crippen LogP contribution >= 0.6 is 11.8 Å². The van der Waals surface area contributed by atoms with Gasteiger partial charge in [0.05, 0.1) is 7.11 Å². The smallest absolute Gasteiger partial charge is 0.322 e. The molecule has 3 nitrogen and oxygen atoms in total. The normalized spacial score (nSPS) is 22.0. The van der Waals surface area contributed by atoms with E-state index >= 15 is 0 Å². The molecule has 1 unspecified atom stereocenters. The summed E-state index contributed by atoms with van der Waals surface area (Å²) in [7, 11) is 1.45. The third-order valence-electron chi connectivity index (χ3n) is 2.35. The highest BCUT2D eigenvalue weighted by Gasteiger charge is 2.22. The molecule has 1 saturated heterocycles. The Bertz CT molecular complexity index is 167. The van der Waals surface area contributed by atoms with Crippen LogP contribution in [0.1, 0.15) is 13.3 Å². The number of thioether (sulfide) groups is 1. The summed E-state index contributed by atoms with van der Waals surface area (Å²) in [6.07, 6.45) is 1.17. The molecule has 1 rings (SSSR count). The lowest BCUT2D eigenvalue weighted by atomic mass is 10.2. The predicted molar refractivity (Wildman–Crippen MR) is 55.0 cm³/mol. The van der Waals surface area contributed by atoms with E-state index in [1.165, 1.54) is 19.3 Å². The van der Waals surface area contributed by atoms with Crippen LogP contribution in [-0.4, -0.2) is 48.6 Å². The summed E-state index contributed by atoms with van der Waals surface area (Å²) in [5, 5.41) is 0. The van der Waals surface area contributed by atoms with Crippen molar-refractivity contribution in [2.45, 2.75) is 19.4 Å². The summed E-state index contributed by atoms with van der Waals surface area (Å²) in [6.45, 7) is 3.94. The van der Waals surface area contributed by atoms with E-state index in [9.17, 15) is 4.79 Å². The Balaban J connectivity index is 2.43. The van der Waals surface area contributed by atoms with E-state index in [0.717, 1.165) is 18.8 Å². The van der Waals surface area contributed by atoms with Gasteiger partial charge in [-0.05, 0) is 25.6 Å². The molecule has 0 aromatic carbocycles. The Kier molecular flexibility index (Phi) is 4.59. The van der Waals surface area contributed by atoms with Crippen LogP contribution in [-0.2, 0) is 9.53 Å². The summed E-state index contributed by atoms with van der Waals surface area (Å²) in [4.78, 5) is 13.5. The molecule has 0 radical (unpaired) electrons. The van der Waals surface area contributed by atoms with Crippen LogP contribution in [0.2, 0.25) is 0 Å². The van der Waals surface area contributed by atoms with Crippen LogP contribution in [0.4, 0.5) is 0 Å². The molecule has 0 spiro atoms. The van der Waals surface area contributed by atoms with Crippen molar-refractivity contribution in [2.75, 3.05) is 31.7 Å². The van der Waals surface area contributed by atoms with Crippen LogP contribution in [0.5, 0.6) is 0 Å². The average Bonchev–Trinajstić information content (AvgIpc) is 2.43. The molecule has 0 saturated carbocycles.